The summed E-state index contributed by atoms with van der Waals surface area (Å²) >= 11 is 6.35. The second kappa shape index (κ2) is 11.4. The van der Waals surface area contributed by atoms with Crippen molar-refractivity contribution in [2.24, 2.45) is 11.8 Å². The van der Waals surface area contributed by atoms with Gasteiger partial charge >= 0.3 is 6.09 Å². The number of carbonyl (C=O) groups excluding carboxylic acids is 1. The molecule has 2 aliphatic heterocycles. The van der Waals surface area contributed by atoms with Crippen molar-refractivity contribution in [3.63, 3.8) is 0 Å². The van der Waals surface area contributed by atoms with Crippen molar-refractivity contribution < 1.29 is 19.0 Å². The summed E-state index contributed by atoms with van der Waals surface area (Å²) in [6.45, 7) is 13.9. The first kappa shape index (κ1) is 29.4. The van der Waals surface area contributed by atoms with Gasteiger partial charge in [-0.05, 0) is 59.1 Å². The van der Waals surface area contributed by atoms with E-state index < -0.39 is 11.4 Å². The molecular formula is C32H42ClN5O4. The predicted octanol–water partition coefficient (Wildman–Crippen LogP) is 5.58. The summed E-state index contributed by atoms with van der Waals surface area (Å²) in [6, 6.07) is 12.4. The normalized spacial score (nSPS) is 25.9. The fourth-order valence-electron chi connectivity index (χ4n) is 6.79. The molecule has 0 unspecified atom stereocenters. The molecular weight excluding hydrogens is 554 g/mol. The van der Waals surface area contributed by atoms with Crippen LogP contribution in [0.4, 0.5) is 4.79 Å². The molecule has 3 aromatic rings. The highest BCUT2D eigenvalue weighted by atomic mass is 35.5. The Kier molecular flexibility index (Phi) is 7.98. The number of benzene rings is 1. The number of halogens is 1. The van der Waals surface area contributed by atoms with E-state index in [1.54, 1.807) is 0 Å². The molecule has 2 aromatic heterocycles. The van der Waals surface area contributed by atoms with E-state index in [-0.39, 0.29) is 24.3 Å². The van der Waals surface area contributed by atoms with Crippen LogP contribution >= 0.6 is 11.6 Å². The zero-order chi connectivity index (χ0) is 29.6. The molecule has 1 amide bonds. The smallest absolute Gasteiger partial charge is 0.410 e. The van der Waals surface area contributed by atoms with E-state index in [2.05, 4.69) is 31.6 Å². The lowest BCUT2D eigenvalue weighted by molar-refractivity contribution is -0.161. The fourth-order valence-corrected chi connectivity index (χ4v) is 6.98. The highest BCUT2D eigenvalue weighted by molar-refractivity contribution is 6.33. The number of nitrogens with zero attached hydrogens (tertiary/aromatic N) is 5. The largest absolute Gasteiger partial charge is 0.444 e. The molecule has 10 heteroatoms. The summed E-state index contributed by atoms with van der Waals surface area (Å²) in [7, 11) is 0. The lowest BCUT2D eigenvalue weighted by atomic mass is 9.95. The summed E-state index contributed by atoms with van der Waals surface area (Å²) < 4.78 is 20.9. The van der Waals surface area contributed by atoms with Gasteiger partial charge in [0, 0.05) is 50.8 Å². The third-order valence-electron chi connectivity index (χ3n) is 8.54. The molecule has 1 aliphatic carbocycles. The molecule has 9 nitrogen and oxygen atoms in total. The van der Waals surface area contributed by atoms with Gasteiger partial charge in [0.15, 0.2) is 5.79 Å². The monoisotopic (exact) mass is 595 g/mol. The number of aromatic nitrogens is 3. The first-order valence-electron chi connectivity index (χ1n) is 15.0. The Balaban J connectivity index is 1.09. The Morgan fingerprint density at radius 3 is 2.60 bits per heavy atom. The molecule has 0 N–H and O–H groups in total. The standard InChI is InChI=1S/C32H42ClN5O4/c1-31(2,3)42-30(39)37(13-11-21-9-7-6-8-10-21)18-22-16-36(17-22)19-23-15-25(27-26(23)40-32(4,5)41-27)38-14-12-24-28(33)34-20-35-29(24)38/h6-10,12,14,20,22-23,25-27H,11,13,15-19H2,1-5H3/t23-,25-,26-,27+/m1/s1. The average Bonchev–Trinajstić information content (AvgIpc) is 3.56. The molecule has 0 radical (unpaired) electrons. The maximum atomic E-state index is 13.1. The van der Waals surface area contributed by atoms with Gasteiger partial charge in [0.2, 0.25) is 0 Å². The molecule has 42 heavy (non-hydrogen) atoms. The number of fused-ring (bicyclic) bond motifs is 2. The third-order valence-corrected chi connectivity index (χ3v) is 8.84. The Labute approximate surface area is 253 Å². The number of amides is 1. The van der Waals surface area contributed by atoms with Crippen molar-refractivity contribution in [3.8, 4) is 0 Å². The van der Waals surface area contributed by atoms with E-state index in [9.17, 15) is 4.79 Å². The summed E-state index contributed by atoms with van der Waals surface area (Å²) in [6.07, 6.45) is 5.00. The van der Waals surface area contributed by atoms with Crippen molar-refractivity contribution in [3.05, 3.63) is 59.6 Å². The average molecular weight is 596 g/mol. The van der Waals surface area contributed by atoms with Gasteiger partial charge in [0.05, 0.1) is 17.5 Å². The molecule has 0 spiro atoms. The van der Waals surface area contributed by atoms with E-state index in [1.165, 1.54) is 11.9 Å². The fraction of sp³-hybridized carbons (Fsp3) is 0.594. The van der Waals surface area contributed by atoms with Gasteiger partial charge in [0.1, 0.15) is 28.8 Å². The van der Waals surface area contributed by atoms with Crippen molar-refractivity contribution in [1.82, 2.24) is 24.3 Å². The van der Waals surface area contributed by atoms with Crippen LogP contribution in [0.1, 0.15) is 52.6 Å². The summed E-state index contributed by atoms with van der Waals surface area (Å²) in [5, 5.41) is 1.31. The van der Waals surface area contributed by atoms with Crippen molar-refractivity contribution >= 4 is 28.7 Å². The van der Waals surface area contributed by atoms with Gasteiger partial charge in [-0.3, -0.25) is 0 Å². The van der Waals surface area contributed by atoms with Crippen molar-refractivity contribution in [2.45, 2.75) is 77.1 Å². The van der Waals surface area contributed by atoms with Gasteiger partial charge in [-0.2, -0.15) is 0 Å². The number of likely N-dealkylation sites (tertiary alicyclic amines) is 1. The van der Waals surface area contributed by atoms with Gasteiger partial charge < -0.3 is 28.6 Å². The number of ether oxygens (including phenoxy) is 3. The number of carbonyl (C=O) groups is 1. The first-order valence-corrected chi connectivity index (χ1v) is 15.4. The minimum Gasteiger partial charge on any atom is -0.444 e. The van der Waals surface area contributed by atoms with Crippen LogP contribution in [0.3, 0.4) is 0 Å². The van der Waals surface area contributed by atoms with Crippen LogP contribution in [0.25, 0.3) is 11.0 Å². The van der Waals surface area contributed by atoms with Crippen LogP contribution in [-0.4, -0.2) is 86.7 Å². The van der Waals surface area contributed by atoms with Crippen LogP contribution in [0.5, 0.6) is 0 Å². The lowest BCUT2D eigenvalue weighted by Crippen LogP contribution is -2.54. The van der Waals surface area contributed by atoms with Crippen LogP contribution in [0.15, 0.2) is 48.9 Å². The summed E-state index contributed by atoms with van der Waals surface area (Å²) in [4.78, 5) is 26.2. The Bertz CT molecular complexity index is 1400. The van der Waals surface area contributed by atoms with Crippen LogP contribution in [0, 0.1) is 11.8 Å². The van der Waals surface area contributed by atoms with Crippen LogP contribution < -0.4 is 0 Å². The highest BCUT2D eigenvalue weighted by Gasteiger charge is 2.55. The van der Waals surface area contributed by atoms with E-state index in [0.717, 1.165) is 43.5 Å². The van der Waals surface area contributed by atoms with E-state index in [4.69, 9.17) is 25.8 Å². The number of hydrogen-bond donors (Lipinski definition) is 0. The second-order valence-corrected chi connectivity index (χ2v) is 13.9. The minimum absolute atomic E-state index is 0.00273. The molecule has 4 heterocycles. The van der Waals surface area contributed by atoms with Crippen LogP contribution in [0.2, 0.25) is 5.15 Å². The van der Waals surface area contributed by atoms with Crippen molar-refractivity contribution in [2.75, 3.05) is 32.7 Å². The van der Waals surface area contributed by atoms with Gasteiger partial charge in [0.25, 0.3) is 0 Å². The Morgan fingerprint density at radius 2 is 1.86 bits per heavy atom. The molecule has 3 fully saturated rings. The lowest BCUT2D eigenvalue weighted by Gasteiger charge is -2.43. The topological polar surface area (TPSA) is 82.0 Å². The molecule has 2 saturated heterocycles. The van der Waals surface area contributed by atoms with Gasteiger partial charge in [-0.25, -0.2) is 14.8 Å². The molecule has 226 valence electrons. The van der Waals surface area contributed by atoms with E-state index in [0.29, 0.717) is 30.1 Å². The minimum atomic E-state index is -0.633. The zero-order valence-corrected chi connectivity index (χ0v) is 26.0. The van der Waals surface area contributed by atoms with Crippen LogP contribution in [-0.2, 0) is 20.6 Å². The quantitative estimate of drug-likeness (QED) is 0.315. The van der Waals surface area contributed by atoms with Gasteiger partial charge in [-0.15, -0.1) is 0 Å². The predicted molar refractivity (Wildman–Crippen MR) is 161 cm³/mol. The molecule has 0 bridgehead atoms. The van der Waals surface area contributed by atoms with Crippen molar-refractivity contribution in [1.29, 1.82) is 0 Å². The molecule has 6 rings (SSSR count). The molecule has 1 aromatic carbocycles. The number of rotatable bonds is 8. The Hall–Kier alpha value is -2.72. The zero-order valence-electron chi connectivity index (χ0n) is 25.2. The highest BCUT2D eigenvalue weighted by Crippen LogP contribution is 2.48. The number of hydrogen-bond acceptors (Lipinski definition) is 7. The summed E-state index contributed by atoms with van der Waals surface area (Å²) in [5.41, 5.74) is 1.52. The third kappa shape index (κ3) is 6.30. The van der Waals surface area contributed by atoms with Gasteiger partial charge in [-0.1, -0.05) is 41.9 Å². The first-order chi connectivity index (χ1) is 20.0. The maximum Gasteiger partial charge on any atom is 0.410 e. The Morgan fingerprint density at radius 1 is 1.12 bits per heavy atom. The molecule has 3 aliphatic rings. The maximum absolute atomic E-state index is 13.1. The summed E-state index contributed by atoms with van der Waals surface area (Å²) in [5.74, 6) is 0.0923. The van der Waals surface area contributed by atoms with E-state index in [1.807, 2.05) is 70.0 Å². The van der Waals surface area contributed by atoms with E-state index >= 15 is 0 Å². The SMILES string of the molecule is CC(C)(C)OC(=O)N(CCc1ccccc1)CC1CN(C[C@H]2C[C@@H](n3ccc4c(Cl)ncnc43)[C@@H]3OC(C)(C)O[C@H]23)C1. The molecule has 1 saturated carbocycles. The molecule has 4 atom stereocenters. The second-order valence-electron chi connectivity index (χ2n) is 13.5.